The molecule has 0 fully saturated rings. The summed E-state index contributed by atoms with van der Waals surface area (Å²) in [5.74, 6) is 1.11. The molecule has 1 aliphatic heterocycles. The van der Waals surface area contributed by atoms with Crippen LogP contribution in [0.15, 0.2) is 39.2 Å². The predicted octanol–water partition coefficient (Wildman–Crippen LogP) is 3.78. The number of hydrogen-bond acceptors (Lipinski definition) is 6. The molecule has 0 saturated heterocycles. The zero-order valence-corrected chi connectivity index (χ0v) is 15.4. The van der Waals surface area contributed by atoms with Crippen LogP contribution in [0.25, 0.3) is 17.0 Å². The predicted molar refractivity (Wildman–Crippen MR) is 104 cm³/mol. The van der Waals surface area contributed by atoms with Gasteiger partial charge in [0.2, 0.25) is 0 Å². The van der Waals surface area contributed by atoms with Crippen molar-refractivity contribution in [2.75, 3.05) is 5.75 Å². The molecule has 0 saturated carbocycles. The Kier molecular flexibility index (Phi) is 5.11. The van der Waals surface area contributed by atoms with E-state index in [1.54, 1.807) is 24.0 Å². The Bertz CT molecular complexity index is 957. The Morgan fingerprint density at radius 2 is 2.24 bits per heavy atom. The molecule has 2 N–H and O–H groups in total. The van der Waals surface area contributed by atoms with Crippen LogP contribution in [0, 0.1) is 17.2 Å². The number of hydrogen-bond donors (Lipinski definition) is 1. The third-order valence-corrected chi connectivity index (χ3v) is 5.83. The number of rotatable bonds is 4. The van der Waals surface area contributed by atoms with Crippen molar-refractivity contribution < 1.29 is 4.79 Å². The topological polar surface area (TPSA) is 92.1 Å². The number of carbonyl (C=O) groups excluding carboxylic acids is 1. The quantitative estimate of drug-likeness (QED) is 0.652. The molecule has 2 aromatic rings. The summed E-state index contributed by atoms with van der Waals surface area (Å²) in [5, 5.41) is 10.6. The lowest BCUT2D eigenvalue weighted by molar-refractivity contribution is -0.113. The fourth-order valence-electron chi connectivity index (χ4n) is 2.34. The number of benzene rings is 1. The summed E-state index contributed by atoms with van der Waals surface area (Å²) in [6, 6.07) is 7.98. The average Bonchev–Trinajstić information content (AvgIpc) is 2.89. The van der Waals surface area contributed by atoms with Crippen LogP contribution in [0.4, 0.5) is 0 Å². The second kappa shape index (κ2) is 7.30. The van der Waals surface area contributed by atoms with Crippen molar-refractivity contribution in [3.63, 3.8) is 0 Å². The second-order valence-electron chi connectivity index (χ2n) is 5.96. The maximum Gasteiger partial charge on any atom is 0.286 e. The highest BCUT2D eigenvalue weighted by molar-refractivity contribution is 8.18. The minimum atomic E-state index is -0.319. The van der Waals surface area contributed by atoms with Crippen LogP contribution in [0.2, 0.25) is 0 Å². The summed E-state index contributed by atoms with van der Waals surface area (Å²) in [6.45, 7) is 4.29. The van der Waals surface area contributed by atoms with Gasteiger partial charge in [0.25, 0.3) is 5.91 Å². The smallest absolute Gasteiger partial charge is 0.286 e. The molecule has 0 aliphatic carbocycles. The van der Waals surface area contributed by atoms with E-state index in [-0.39, 0.29) is 11.1 Å². The van der Waals surface area contributed by atoms with E-state index in [2.05, 4.69) is 29.9 Å². The summed E-state index contributed by atoms with van der Waals surface area (Å²) in [5.41, 5.74) is 7.85. The van der Waals surface area contributed by atoms with E-state index in [1.165, 1.54) is 11.8 Å². The minimum Gasteiger partial charge on any atom is -0.378 e. The molecule has 0 unspecified atom stereocenters. The largest absolute Gasteiger partial charge is 0.378 e. The normalized spacial score (nSPS) is 15.8. The summed E-state index contributed by atoms with van der Waals surface area (Å²) >= 11 is 2.83. The number of amides is 1. The Labute approximate surface area is 154 Å². The molecule has 126 valence electrons. The van der Waals surface area contributed by atoms with Crippen molar-refractivity contribution in [3.8, 4) is 6.07 Å². The van der Waals surface area contributed by atoms with Gasteiger partial charge in [-0.3, -0.25) is 9.78 Å². The number of carbonyl (C=O) groups is 1. The summed E-state index contributed by atoms with van der Waals surface area (Å²) in [7, 11) is 0. The molecule has 1 amide bonds. The fourth-order valence-corrected chi connectivity index (χ4v) is 4.09. The van der Waals surface area contributed by atoms with Gasteiger partial charge in [-0.2, -0.15) is 10.3 Å². The van der Waals surface area contributed by atoms with Crippen LogP contribution < -0.4 is 5.73 Å². The molecule has 0 radical (unpaired) electrons. The van der Waals surface area contributed by atoms with Gasteiger partial charge in [-0.15, -0.1) is 11.8 Å². The number of nitriles is 1. The van der Waals surface area contributed by atoms with Crippen molar-refractivity contribution in [2.45, 2.75) is 18.7 Å². The summed E-state index contributed by atoms with van der Waals surface area (Å²) < 4.78 is 0. The molecule has 2 heterocycles. The molecule has 5 nitrogen and oxygen atoms in total. The van der Waals surface area contributed by atoms with E-state index in [1.807, 2.05) is 18.2 Å². The van der Waals surface area contributed by atoms with Crippen LogP contribution >= 0.6 is 23.5 Å². The van der Waals surface area contributed by atoms with E-state index < -0.39 is 0 Å². The van der Waals surface area contributed by atoms with Gasteiger partial charge in [0.05, 0.1) is 16.0 Å². The number of amidine groups is 1. The first-order valence-electron chi connectivity index (χ1n) is 7.71. The average molecular weight is 368 g/mol. The van der Waals surface area contributed by atoms with E-state index in [4.69, 9.17) is 5.73 Å². The maximum atomic E-state index is 11.8. The number of aliphatic imine (C=N–C) groups is 1. The molecule has 1 aromatic carbocycles. The highest BCUT2D eigenvalue weighted by atomic mass is 32.2. The highest BCUT2D eigenvalue weighted by Gasteiger charge is 2.19. The second-order valence-corrected chi connectivity index (χ2v) is 8.05. The van der Waals surface area contributed by atoms with Gasteiger partial charge in [-0.1, -0.05) is 19.9 Å². The van der Waals surface area contributed by atoms with Gasteiger partial charge in [-0.05, 0) is 41.5 Å². The van der Waals surface area contributed by atoms with Crippen molar-refractivity contribution in [2.24, 2.45) is 16.6 Å². The Morgan fingerprint density at radius 1 is 1.44 bits per heavy atom. The molecule has 7 heteroatoms. The maximum absolute atomic E-state index is 11.8. The summed E-state index contributed by atoms with van der Waals surface area (Å²) in [4.78, 5) is 21.3. The van der Waals surface area contributed by atoms with Gasteiger partial charge < -0.3 is 5.73 Å². The van der Waals surface area contributed by atoms with Crippen molar-refractivity contribution in [1.29, 1.82) is 5.26 Å². The van der Waals surface area contributed by atoms with Crippen LogP contribution in [0.1, 0.15) is 25.0 Å². The van der Waals surface area contributed by atoms with Crippen LogP contribution in [-0.2, 0) is 4.79 Å². The van der Waals surface area contributed by atoms with Crippen LogP contribution in [0.5, 0.6) is 0 Å². The summed E-state index contributed by atoms with van der Waals surface area (Å²) in [6.07, 6.45) is 3.39. The number of fused-ring (bicyclic) bond motifs is 1. The number of aromatic nitrogens is 1. The molecule has 25 heavy (non-hydrogen) atoms. The lowest BCUT2D eigenvalue weighted by atomic mass is 10.1. The first-order valence-corrected chi connectivity index (χ1v) is 9.52. The minimum absolute atomic E-state index is 0.263. The molecule has 1 aromatic heterocycles. The van der Waals surface area contributed by atoms with Crippen molar-refractivity contribution in [1.82, 2.24) is 4.98 Å². The molecular formula is C18H16N4OS2. The first-order chi connectivity index (χ1) is 12.0. The molecular weight excluding hydrogens is 352 g/mol. The number of nitrogens with two attached hydrogens (primary N) is 1. The number of thioether (sulfide) groups is 2. The molecule has 0 spiro atoms. The molecule has 0 bridgehead atoms. The SMILES string of the molecule is CC(C)CSc1c(C#N)cnc2ccc(/C=C3\SC(N)=NC3=O)cc12. The van der Waals surface area contributed by atoms with Gasteiger partial charge >= 0.3 is 0 Å². The lowest BCUT2D eigenvalue weighted by Crippen LogP contribution is -2.01. The first kappa shape index (κ1) is 17.5. The van der Waals surface area contributed by atoms with Gasteiger partial charge in [0, 0.05) is 22.2 Å². The van der Waals surface area contributed by atoms with Crippen molar-refractivity contribution >= 4 is 51.6 Å². The Balaban J connectivity index is 2.06. The van der Waals surface area contributed by atoms with E-state index in [9.17, 15) is 10.1 Å². The van der Waals surface area contributed by atoms with Crippen LogP contribution in [0.3, 0.4) is 0 Å². The van der Waals surface area contributed by atoms with Gasteiger partial charge in [0.15, 0.2) is 5.17 Å². The third kappa shape index (κ3) is 3.86. The molecule has 0 atom stereocenters. The lowest BCUT2D eigenvalue weighted by Gasteiger charge is -2.10. The Hall–Kier alpha value is -2.30. The van der Waals surface area contributed by atoms with E-state index >= 15 is 0 Å². The third-order valence-electron chi connectivity index (χ3n) is 3.46. The van der Waals surface area contributed by atoms with Gasteiger partial charge in [0.1, 0.15) is 6.07 Å². The highest BCUT2D eigenvalue weighted by Crippen LogP contribution is 2.33. The monoisotopic (exact) mass is 368 g/mol. The van der Waals surface area contributed by atoms with Gasteiger partial charge in [-0.25, -0.2) is 0 Å². The zero-order chi connectivity index (χ0) is 18.0. The fraction of sp³-hybridized carbons (Fsp3) is 0.222. The van der Waals surface area contributed by atoms with Crippen molar-refractivity contribution in [3.05, 3.63) is 40.4 Å². The zero-order valence-electron chi connectivity index (χ0n) is 13.8. The van der Waals surface area contributed by atoms with Crippen LogP contribution in [-0.4, -0.2) is 21.8 Å². The molecule has 1 aliphatic rings. The molecule has 3 rings (SSSR count). The standard InChI is InChI=1S/C18H16N4OS2/c1-10(2)9-24-16-12(7-19)8-21-14-4-3-11(5-13(14)16)6-15-17(23)22-18(20)25-15/h3-6,8,10H,9H2,1-2H3,(H2,20,22,23)/b15-6-. The number of nitrogens with zero attached hydrogens (tertiary/aromatic N) is 3. The van der Waals surface area contributed by atoms with E-state index in [0.717, 1.165) is 27.1 Å². The van der Waals surface area contributed by atoms with E-state index in [0.29, 0.717) is 16.4 Å². The number of pyridine rings is 1. The Morgan fingerprint density at radius 3 is 2.88 bits per heavy atom.